The predicted molar refractivity (Wildman–Crippen MR) is 107 cm³/mol. The van der Waals surface area contributed by atoms with Crippen LogP contribution in [0.3, 0.4) is 0 Å². The number of nitrogens with one attached hydrogen (secondary N) is 2. The van der Waals surface area contributed by atoms with Crippen LogP contribution in [0.25, 0.3) is 0 Å². The van der Waals surface area contributed by atoms with E-state index < -0.39 is 10.0 Å². The molecule has 0 spiro atoms. The van der Waals surface area contributed by atoms with Crippen LogP contribution in [0.5, 0.6) is 11.5 Å². The van der Waals surface area contributed by atoms with Crippen molar-refractivity contribution in [3.63, 3.8) is 0 Å². The first-order valence-corrected chi connectivity index (χ1v) is 10.4. The molecule has 2 aromatic rings. The number of hydrogen-bond donors (Lipinski definition) is 2. The lowest BCUT2D eigenvalue weighted by Crippen LogP contribution is -2.27. The highest BCUT2D eigenvalue weighted by atomic mass is 35.5. The quantitative estimate of drug-likeness (QED) is 0.586. The van der Waals surface area contributed by atoms with Crippen molar-refractivity contribution in [2.24, 2.45) is 0 Å². The number of ether oxygens (including phenoxy) is 2. The van der Waals surface area contributed by atoms with Gasteiger partial charge in [-0.1, -0.05) is 35.4 Å². The molecule has 0 aromatic heterocycles. The zero-order valence-electron chi connectivity index (χ0n) is 15.7. The fourth-order valence-electron chi connectivity index (χ4n) is 2.51. The van der Waals surface area contributed by atoms with Crippen molar-refractivity contribution in [1.29, 1.82) is 0 Å². The van der Waals surface area contributed by atoms with Gasteiger partial charge in [0.15, 0.2) is 11.5 Å². The highest BCUT2D eigenvalue weighted by Crippen LogP contribution is 2.37. The average molecular weight is 413 g/mol. The first-order valence-electron chi connectivity index (χ1n) is 8.55. The molecular weight excluding hydrogens is 388 g/mol. The Bertz CT molecular complexity index is 855. The summed E-state index contributed by atoms with van der Waals surface area (Å²) in [4.78, 5) is 0.276. The first-order chi connectivity index (χ1) is 12.9. The zero-order chi connectivity index (χ0) is 19.9. The molecule has 0 bridgehead atoms. The van der Waals surface area contributed by atoms with Crippen LogP contribution in [0.4, 0.5) is 0 Å². The fourth-order valence-corrected chi connectivity index (χ4v) is 3.88. The number of halogens is 1. The van der Waals surface area contributed by atoms with Crippen LogP contribution in [-0.4, -0.2) is 35.7 Å². The van der Waals surface area contributed by atoms with E-state index in [4.69, 9.17) is 21.1 Å². The number of hydrogen-bond acceptors (Lipinski definition) is 5. The standard InChI is InChI=1S/C19H25ClN2O4S/c1-14-5-8-16(9-6-14)27(23,24)22-12-4-11-21-13-15-7-10-17(25-2)19(26-3)18(15)20/h5-10,21-22H,4,11-13H2,1-3H3. The Hall–Kier alpha value is -1.80. The van der Waals surface area contributed by atoms with Gasteiger partial charge in [-0.3, -0.25) is 0 Å². The molecule has 0 amide bonds. The predicted octanol–water partition coefficient (Wildman–Crippen LogP) is 3.12. The Labute approximate surface area is 165 Å². The summed E-state index contributed by atoms with van der Waals surface area (Å²) in [5.74, 6) is 1.08. The van der Waals surface area contributed by atoms with Crippen molar-refractivity contribution in [2.75, 3.05) is 27.3 Å². The third-order valence-electron chi connectivity index (χ3n) is 4.03. The minimum absolute atomic E-state index is 0.276. The van der Waals surface area contributed by atoms with E-state index in [1.807, 2.05) is 13.0 Å². The van der Waals surface area contributed by atoms with Crippen molar-refractivity contribution >= 4 is 21.6 Å². The minimum atomic E-state index is -3.47. The van der Waals surface area contributed by atoms with Crippen molar-refractivity contribution in [2.45, 2.75) is 24.8 Å². The molecule has 2 rings (SSSR count). The summed E-state index contributed by atoms with van der Waals surface area (Å²) >= 11 is 6.34. The van der Waals surface area contributed by atoms with Gasteiger partial charge < -0.3 is 14.8 Å². The second-order valence-electron chi connectivity index (χ2n) is 6.02. The van der Waals surface area contributed by atoms with E-state index in [1.54, 1.807) is 44.6 Å². The molecule has 2 N–H and O–H groups in total. The Balaban J connectivity index is 1.79. The van der Waals surface area contributed by atoms with E-state index in [2.05, 4.69) is 10.0 Å². The number of methoxy groups -OCH3 is 2. The molecule has 0 aliphatic rings. The van der Waals surface area contributed by atoms with E-state index >= 15 is 0 Å². The van der Waals surface area contributed by atoms with Gasteiger partial charge in [-0.05, 0) is 43.7 Å². The molecule has 0 aliphatic heterocycles. The first kappa shape index (κ1) is 21.5. The molecule has 0 fully saturated rings. The van der Waals surface area contributed by atoms with E-state index in [-0.39, 0.29) is 4.90 Å². The van der Waals surface area contributed by atoms with E-state index in [0.29, 0.717) is 42.6 Å². The summed E-state index contributed by atoms with van der Waals surface area (Å²) in [5.41, 5.74) is 1.90. The maximum Gasteiger partial charge on any atom is 0.240 e. The highest BCUT2D eigenvalue weighted by Gasteiger charge is 2.14. The lowest BCUT2D eigenvalue weighted by molar-refractivity contribution is 0.354. The Morgan fingerprint density at radius 3 is 2.33 bits per heavy atom. The van der Waals surface area contributed by atoms with Gasteiger partial charge in [-0.15, -0.1) is 0 Å². The van der Waals surface area contributed by atoms with Crippen LogP contribution in [0.2, 0.25) is 5.02 Å². The number of sulfonamides is 1. The normalized spacial score (nSPS) is 11.4. The van der Waals surface area contributed by atoms with Crippen LogP contribution < -0.4 is 19.5 Å². The van der Waals surface area contributed by atoms with Gasteiger partial charge in [-0.2, -0.15) is 0 Å². The molecule has 0 saturated heterocycles. The SMILES string of the molecule is COc1ccc(CNCCCNS(=O)(=O)c2ccc(C)cc2)c(Cl)c1OC. The third-order valence-corrected chi connectivity index (χ3v) is 5.93. The fraction of sp³-hybridized carbons (Fsp3) is 0.368. The van der Waals surface area contributed by atoms with Crippen LogP contribution in [-0.2, 0) is 16.6 Å². The van der Waals surface area contributed by atoms with Crippen molar-refractivity contribution < 1.29 is 17.9 Å². The smallest absolute Gasteiger partial charge is 0.240 e. The van der Waals surface area contributed by atoms with E-state index in [9.17, 15) is 8.42 Å². The maximum atomic E-state index is 12.2. The molecule has 0 aliphatic carbocycles. The summed E-state index contributed by atoms with van der Waals surface area (Å²) in [6.07, 6.45) is 0.649. The molecule has 0 heterocycles. The summed E-state index contributed by atoms with van der Waals surface area (Å²) in [7, 11) is -0.367. The summed E-state index contributed by atoms with van der Waals surface area (Å²) in [5, 5.41) is 3.75. The molecule has 0 radical (unpaired) electrons. The van der Waals surface area contributed by atoms with Crippen LogP contribution in [0, 0.1) is 6.92 Å². The summed E-state index contributed by atoms with van der Waals surface area (Å²) in [6.45, 7) is 3.45. The van der Waals surface area contributed by atoms with Gasteiger partial charge in [0.05, 0.1) is 24.1 Å². The Morgan fingerprint density at radius 2 is 1.70 bits per heavy atom. The molecule has 0 atom stereocenters. The van der Waals surface area contributed by atoms with Gasteiger partial charge in [0.2, 0.25) is 10.0 Å². The van der Waals surface area contributed by atoms with Crippen molar-refractivity contribution in [3.05, 3.63) is 52.5 Å². The molecule has 6 nitrogen and oxygen atoms in total. The van der Waals surface area contributed by atoms with E-state index in [0.717, 1.165) is 11.1 Å². The van der Waals surface area contributed by atoms with Crippen LogP contribution in [0.1, 0.15) is 17.5 Å². The third kappa shape index (κ3) is 5.84. The van der Waals surface area contributed by atoms with Gasteiger partial charge in [0.1, 0.15) is 0 Å². The summed E-state index contributed by atoms with van der Waals surface area (Å²) < 4.78 is 37.5. The molecule has 2 aromatic carbocycles. The summed E-state index contributed by atoms with van der Waals surface area (Å²) in [6, 6.07) is 10.4. The molecule has 0 unspecified atom stereocenters. The molecule has 0 saturated carbocycles. The lowest BCUT2D eigenvalue weighted by Gasteiger charge is -2.13. The van der Waals surface area contributed by atoms with Gasteiger partial charge >= 0.3 is 0 Å². The van der Waals surface area contributed by atoms with Crippen molar-refractivity contribution in [1.82, 2.24) is 10.0 Å². The topological polar surface area (TPSA) is 76.7 Å². The number of rotatable bonds is 10. The van der Waals surface area contributed by atoms with Crippen LogP contribution in [0.15, 0.2) is 41.3 Å². The average Bonchev–Trinajstić information content (AvgIpc) is 2.65. The van der Waals surface area contributed by atoms with Gasteiger partial charge in [0.25, 0.3) is 0 Å². The Kier molecular flexibility index (Phi) is 7.91. The zero-order valence-corrected chi connectivity index (χ0v) is 17.3. The molecule has 148 valence electrons. The minimum Gasteiger partial charge on any atom is -0.493 e. The molecular formula is C19H25ClN2O4S. The monoisotopic (exact) mass is 412 g/mol. The molecule has 8 heteroatoms. The van der Waals surface area contributed by atoms with E-state index in [1.165, 1.54) is 0 Å². The van der Waals surface area contributed by atoms with Gasteiger partial charge in [0, 0.05) is 13.1 Å². The van der Waals surface area contributed by atoms with Crippen LogP contribution >= 0.6 is 11.6 Å². The largest absolute Gasteiger partial charge is 0.493 e. The number of benzene rings is 2. The second kappa shape index (κ2) is 9.94. The maximum absolute atomic E-state index is 12.2. The highest BCUT2D eigenvalue weighted by molar-refractivity contribution is 7.89. The van der Waals surface area contributed by atoms with Gasteiger partial charge in [-0.25, -0.2) is 13.1 Å². The lowest BCUT2D eigenvalue weighted by atomic mass is 10.2. The number of aryl methyl sites for hydroxylation is 1. The Morgan fingerprint density at radius 1 is 1.00 bits per heavy atom. The van der Waals surface area contributed by atoms with Crippen molar-refractivity contribution in [3.8, 4) is 11.5 Å². The second-order valence-corrected chi connectivity index (χ2v) is 8.16. The molecule has 27 heavy (non-hydrogen) atoms.